The first-order chi connectivity index (χ1) is 9.11. The molecule has 0 bridgehead atoms. The molecule has 0 aromatic carbocycles. The molecular weight excluding hydrogens is 260 g/mol. The summed E-state index contributed by atoms with van der Waals surface area (Å²) in [6.07, 6.45) is 1.33. The van der Waals surface area contributed by atoms with E-state index < -0.39 is 17.0 Å². The first-order valence-electron chi connectivity index (χ1n) is 6.88. The summed E-state index contributed by atoms with van der Waals surface area (Å²) in [5, 5.41) is 0. The third-order valence-electron chi connectivity index (χ3n) is 4.40. The van der Waals surface area contributed by atoms with Crippen molar-refractivity contribution < 1.29 is 19.1 Å². The van der Waals surface area contributed by atoms with Crippen LogP contribution in [0.3, 0.4) is 0 Å². The van der Waals surface area contributed by atoms with E-state index in [-0.39, 0.29) is 18.6 Å². The van der Waals surface area contributed by atoms with E-state index in [0.29, 0.717) is 12.8 Å². The smallest absolute Gasteiger partial charge is 0.330 e. The van der Waals surface area contributed by atoms with E-state index in [4.69, 9.17) is 4.74 Å². The highest BCUT2D eigenvalue weighted by atomic mass is 16.5. The second kappa shape index (κ2) is 5.42. The molecule has 0 spiro atoms. The molecule has 0 atom stereocenters. The van der Waals surface area contributed by atoms with E-state index in [0.717, 1.165) is 4.90 Å². The fourth-order valence-corrected chi connectivity index (χ4v) is 2.09. The third-order valence-corrected chi connectivity index (χ3v) is 4.40. The van der Waals surface area contributed by atoms with Crippen molar-refractivity contribution in [3.05, 3.63) is 0 Å². The van der Waals surface area contributed by atoms with Crippen molar-refractivity contribution in [2.75, 3.05) is 13.8 Å². The monoisotopic (exact) mass is 284 g/mol. The Morgan fingerprint density at radius 3 is 2.10 bits per heavy atom. The molecule has 1 saturated heterocycles. The predicted molar refractivity (Wildman–Crippen MR) is 73.7 cm³/mol. The van der Waals surface area contributed by atoms with Crippen molar-refractivity contribution in [3.8, 4) is 0 Å². The average molecular weight is 284 g/mol. The van der Waals surface area contributed by atoms with Gasteiger partial charge in [0.25, 0.3) is 5.91 Å². The summed E-state index contributed by atoms with van der Waals surface area (Å²) in [6.45, 7) is 8.77. The second-order valence-corrected chi connectivity index (χ2v) is 5.96. The number of ether oxygens (including phenoxy) is 1. The summed E-state index contributed by atoms with van der Waals surface area (Å²) in [5.41, 5.74) is -1.54. The average Bonchev–Trinajstić information content (AvgIpc) is 2.56. The zero-order valence-corrected chi connectivity index (χ0v) is 13.1. The van der Waals surface area contributed by atoms with Crippen LogP contribution in [0.4, 0.5) is 4.79 Å². The standard InChI is InChI=1S/C14H24N2O4/c1-7-14(5,8-2)11(18)20-9-16-12(19)15(6)10(17)13(16,3)4/h7-9H2,1-6H3. The molecule has 6 nitrogen and oxygen atoms in total. The molecule has 0 N–H and O–H groups in total. The van der Waals surface area contributed by atoms with Crippen LogP contribution >= 0.6 is 0 Å². The van der Waals surface area contributed by atoms with E-state index in [1.165, 1.54) is 11.9 Å². The Hall–Kier alpha value is -1.59. The molecule has 0 saturated carbocycles. The van der Waals surface area contributed by atoms with Gasteiger partial charge >= 0.3 is 12.0 Å². The summed E-state index contributed by atoms with van der Waals surface area (Å²) in [7, 11) is 1.43. The number of imide groups is 1. The molecule has 0 aromatic rings. The fraction of sp³-hybridized carbons (Fsp3) is 0.786. The first-order valence-corrected chi connectivity index (χ1v) is 6.88. The largest absolute Gasteiger partial charge is 0.444 e. The van der Waals surface area contributed by atoms with Crippen LogP contribution in [0.2, 0.25) is 0 Å². The van der Waals surface area contributed by atoms with Crippen LogP contribution in [-0.2, 0) is 14.3 Å². The number of rotatable bonds is 5. The van der Waals surface area contributed by atoms with Crippen molar-refractivity contribution in [1.82, 2.24) is 9.80 Å². The normalized spacial score (nSPS) is 18.7. The van der Waals surface area contributed by atoms with Gasteiger partial charge in [0.15, 0.2) is 6.73 Å². The fourth-order valence-electron chi connectivity index (χ4n) is 2.09. The van der Waals surface area contributed by atoms with Gasteiger partial charge in [-0.25, -0.2) is 4.79 Å². The zero-order chi connectivity index (χ0) is 15.7. The van der Waals surface area contributed by atoms with Crippen LogP contribution < -0.4 is 0 Å². The van der Waals surface area contributed by atoms with E-state index >= 15 is 0 Å². The summed E-state index contributed by atoms with van der Waals surface area (Å²) >= 11 is 0. The number of hydrogen-bond donors (Lipinski definition) is 0. The highest BCUT2D eigenvalue weighted by molar-refractivity contribution is 6.06. The quantitative estimate of drug-likeness (QED) is 0.572. The Balaban J connectivity index is 2.78. The number of hydrogen-bond acceptors (Lipinski definition) is 4. The SMILES string of the molecule is CCC(C)(CC)C(=O)OCN1C(=O)N(C)C(=O)C1(C)C. The maximum atomic E-state index is 12.1. The summed E-state index contributed by atoms with van der Waals surface area (Å²) in [6, 6.07) is -0.442. The molecule has 1 aliphatic rings. The Morgan fingerprint density at radius 2 is 1.75 bits per heavy atom. The van der Waals surface area contributed by atoms with Gasteiger partial charge in [0, 0.05) is 7.05 Å². The number of carbonyl (C=O) groups excluding carboxylic acids is 3. The molecule has 0 radical (unpaired) electrons. The lowest BCUT2D eigenvalue weighted by molar-refractivity contribution is -0.161. The van der Waals surface area contributed by atoms with Gasteiger partial charge < -0.3 is 4.74 Å². The minimum atomic E-state index is -0.985. The molecule has 0 aliphatic carbocycles. The van der Waals surface area contributed by atoms with Crippen molar-refractivity contribution in [3.63, 3.8) is 0 Å². The number of nitrogens with zero attached hydrogens (tertiary/aromatic N) is 2. The van der Waals surface area contributed by atoms with Gasteiger partial charge in [-0.15, -0.1) is 0 Å². The molecule has 3 amide bonds. The van der Waals surface area contributed by atoms with Gasteiger partial charge in [-0.3, -0.25) is 19.4 Å². The Kier molecular flexibility index (Phi) is 4.46. The third kappa shape index (κ3) is 2.51. The molecule has 0 aromatic heterocycles. The van der Waals surface area contributed by atoms with Gasteiger partial charge in [-0.2, -0.15) is 0 Å². The second-order valence-electron chi connectivity index (χ2n) is 5.96. The summed E-state index contributed by atoms with van der Waals surface area (Å²) in [4.78, 5) is 38.3. The molecule has 20 heavy (non-hydrogen) atoms. The molecule has 1 aliphatic heterocycles. The zero-order valence-electron chi connectivity index (χ0n) is 13.1. The maximum absolute atomic E-state index is 12.1. The summed E-state index contributed by atoms with van der Waals surface area (Å²) in [5.74, 6) is -0.639. The Labute approximate surface area is 120 Å². The van der Waals surface area contributed by atoms with Crippen LogP contribution in [0.5, 0.6) is 0 Å². The molecule has 1 fully saturated rings. The van der Waals surface area contributed by atoms with E-state index in [2.05, 4.69) is 0 Å². The van der Waals surface area contributed by atoms with Crippen LogP contribution in [0.15, 0.2) is 0 Å². The van der Waals surface area contributed by atoms with E-state index in [1.54, 1.807) is 13.8 Å². The molecular formula is C14H24N2O4. The molecule has 6 heteroatoms. The lowest BCUT2D eigenvalue weighted by Crippen LogP contribution is -2.46. The van der Waals surface area contributed by atoms with Crippen LogP contribution in [0.25, 0.3) is 0 Å². The van der Waals surface area contributed by atoms with E-state index in [9.17, 15) is 14.4 Å². The molecule has 1 rings (SSSR count). The highest BCUT2D eigenvalue weighted by Crippen LogP contribution is 2.29. The number of likely N-dealkylation sites (N-methyl/N-ethyl adjacent to an activating group) is 1. The van der Waals surface area contributed by atoms with Crippen LogP contribution in [-0.4, -0.2) is 47.0 Å². The van der Waals surface area contributed by atoms with Crippen molar-refractivity contribution >= 4 is 17.9 Å². The summed E-state index contributed by atoms with van der Waals surface area (Å²) < 4.78 is 5.26. The topological polar surface area (TPSA) is 66.9 Å². The Bertz CT molecular complexity index is 427. The minimum Gasteiger partial charge on any atom is -0.444 e. The van der Waals surface area contributed by atoms with Gasteiger partial charge in [0.2, 0.25) is 0 Å². The molecule has 1 heterocycles. The predicted octanol–water partition coefficient (Wildman–Crippen LogP) is 1.99. The van der Waals surface area contributed by atoms with Crippen molar-refractivity contribution in [2.45, 2.75) is 53.0 Å². The minimum absolute atomic E-state index is 0.198. The van der Waals surface area contributed by atoms with E-state index in [1.807, 2.05) is 20.8 Å². The maximum Gasteiger partial charge on any atom is 0.330 e. The number of carbonyl (C=O) groups is 3. The highest BCUT2D eigenvalue weighted by Gasteiger charge is 2.50. The molecule has 114 valence electrons. The number of esters is 1. The lowest BCUT2D eigenvalue weighted by atomic mass is 9.85. The van der Waals surface area contributed by atoms with Gasteiger partial charge in [0.1, 0.15) is 5.54 Å². The van der Waals surface area contributed by atoms with Gasteiger partial charge in [-0.1, -0.05) is 13.8 Å². The lowest BCUT2D eigenvalue weighted by Gasteiger charge is -2.30. The first kappa shape index (κ1) is 16.5. The Morgan fingerprint density at radius 1 is 1.25 bits per heavy atom. The van der Waals surface area contributed by atoms with Crippen LogP contribution in [0, 0.1) is 5.41 Å². The van der Waals surface area contributed by atoms with Crippen LogP contribution in [0.1, 0.15) is 47.5 Å². The van der Waals surface area contributed by atoms with Gasteiger partial charge in [0.05, 0.1) is 5.41 Å². The molecule has 0 unspecified atom stereocenters. The van der Waals surface area contributed by atoms with Gasteiger partial charge in [-0.05, 0) is 33.6 Å². The number of amides is 3. The van der Waals surface area contributed by atoms with Crippen molar-refractivity contribution in [2.24, 2.45) is 5.41 Å². The number of urea groups is 1. The van der Waals surface area contributed by atoms with Crippen molar-refractivity contribution in [1.29, 1.82) is 0 Å².